The molecule has 2 saturated heterocycles. The number of amides is 1. The Morgan fingerprint density at radius 1 is 1.12 bits per heavy atom. The Balaban J connectivity index is 1.25. The third-order valence-electron chi connectivity index (χ3n) is 6.33. The van der Waals surface area contributed by atoms with Gasteiger partial charge in [-0.3, -0.25) is 4.79 Å². The fourth-order valence-electron chi connectivity index (χ4n) is 4.15. The third kappa shape index (κ3) is 4.61. The fraction of sp³-hybridized carbons (Fsp3) is 0.478. The van der Waals surface area contributed by atoms with Gasteiger partial charge in [0.2, 0.25) is 15.9 Å². The van der Waals surface area contributed by atoms with E-state index in [0.29, 0.717) is 56.3 Å². The van der Waals surface area contributed by atoms with Gasteiger partial charge in [-0.15, -0.1) is 0 Å². The maximum Gasteiger partial charge on any atom is 0.243 e. The van der Waals surface area contributed by atoms with Gasteiger partial charge in [0.1, 0.15) is 11.4 Å². The first-order valence-electron chi connectivity index (χ1n) is 11.2. The quantitative estimate of drug-likeness (QED) is 0.686. The molecule has 1 amide bonds. The lowest BCUT2D eigenvalue weighted by Crippen LogP contribution is -2.47. The lowest BCUT2D eigenvalue weighted by atomic mass is 10.1. The number of ether oxygens (including phenoxy) is 2. The minimum absolute atomic E-state index is 0.0137. The van der Waals surface area contributed by atoms with Crippen molar-refractivity contribution in [3.05, 3.63) is 41.3 Å². The largest absolute Gasteiger partial charge is 0.354 e. The Bertz CT molecular complexity index is 1150. The number of aromatic nitrogens is 1. The van der Waals surface area contributed by atoms with Crippen molar-refractivity contribution in [3.63, 3.8) is 0 Å². The van der Waals surface area contributed by atoms with Crippen molar-refractivity contribution < 1.29 is 27.2 Å². The van der Waals surface area contributed by atoms with Crippen LogP contribution in [0.2, 0.25) is 0 Å². The molecule has 1 aromatic heterocycles. The van der Waals surface area contributed by atoms with Crippen LogP contribution in [-0.2, 0) is 24.3 Å². The average Bonchev–Trinajstić information content (AvgIpc) is 3.50. The summed E-state index contributed by atoms with van der Waals surface area (Å²) in [5, 5.41) is 6.83. The summed E-state index contributed by atoms with van der Waals surface area (Å²) >= 11 is 0. The van der Waals surface area contributed by atoms with Crippen molar-refractivity contribution in [1.82, 2.24) is 9.46 Å². The molecule has 3 aliphatic rings. The first kappa shape index (κ1) is 22.3. The Hall–Kier alpha value is -2.53. The van der Waals surface area contributed by atoms with Crippen LogP contribution in [0.3, 0.4) is 0 Å². The van der Waals surface area contributed by atoms with Crippen LogP contribution in [0.1, 0.15) is 42.7 Å². The molecule has 33 heavy (non-hydrogen) atoms. The zero-order chi connectivity index (χ0) is 23.1. The highest BCUT2D eigenvalue weighted by Crippen LogP contribution is 2.34. The minimum atomic E-state index is -3.59. The lowest BCUT2D eigenvalue weighted by Gasteiger charge is -2.36. The summed E-state index contributed by atoms with van der Waals surface area (Å²) in [7, 11) is -3.59. The molecule has 1 aliphatic carbocycles. The molecule has 1 aromatic carbocycles. The SMILES string of the molecule is Cc1noc(C=Cc2ccc(S(=O)(=O)N3CCC4(CC3)OCCO4)cc2)c1NC(=O)C1CC1. The number of hydrogen-bond donors (Lipinski definition) is 1. The van der Waals surface area contributed by atoms with Crippen LogP contribution in [0, 0.1) is 12.8 Å². The number of nitrogens with zero attached hydrogens (tertiary/aromatic N) is 2. The summed E-state index contributed by atoms with van der Waals surface area (Å²) in [4.78, 5) is 12.4. The summed E-state index contributed by atoms with van der Waals surface area (Å²) in [6.07, 6.45) is 6.40. The molecule has 9 nitrogen and oxygen atoms in total. The highest BCUT2D eigenvalue weighted by Gasteiger charge is 2.42. The molecule has 0 unspecified atom stereocenters. The fourth-order valence-corrected chi connectivity index (χ4v) is 5.59. The highest BCUT2D eigenvalue weighted by molar-refractivity contribution is 7.89. The van der Waals surface area contributed by atoms with Crippen LogP contribution in [-0.4, -0.2) is 55.9 Å². The molecule has 0 bridgehead atoms. The Kier molecular flexibility index (Phi) is 5.86. The van der Waals surface area contributed by atoms with E-state index in [1.165, 1.54) is 4.31 Å². The third-order valence-corrected chi connectivity index (χ3v) is 8.24. The Morgan fingerprint density at radius 2 is 1.79 bits per heavy atom. The zero-order valence-corrected chi connectivity index (χ0v) is 19.3. The lowest BCUT2D eigenvalue weighted by molar-refractivity contribution is -0.179. The number of carbonyl (C=O) groups excluding carboxylic acids is 1. The van der Waals surface area contributed by atoms with E-state index in [1.807, 2.05) is 0 Å². The van der Waals surface area contributed by atoms with Crippen LogP contribution < -0.4 is 5.32 Å². The number of piperidine rings is 1. The summed E-state index contributed by atoms with van der Waals surface area (Å²) < 4.78 is 44.3. The molecule has 0 atom stereocenters. The van der Waals surface area contributed by atoms with Crippen molar-refractivity contribution in [3.8, 4) is 0 Å². The number of anilines is 1. The van der Waals surface area contributed by atoms with Crippen LogP contribution >= 0.6 is 0 Å². The second-order valence-corrected chi connectivity index (χ2v) is 10.6. The number of rotatable bonds is 6. The Morgan fingerprint density at radius 3 is 2.42 bits per heavy atom. The molecule has 3 heterocycles. The molecule has 2 aromatic rings. The smallest absolute Gasteiger partial charge is 0.243 e. The van der Waals surface area contributed by atoms with Crippen molar-refractivity contribution in [1.29, 1.82) is 0 Å². The Labute approximate surface area is 192 Å². The van der Waals surface area contributed by atoms with Gasteiger partial charge in [0, 0.05) is 31.8 Å². The molecule has 10 heteroatoms. The van der Waals surface area contributed by atoms with Gasteiger partial charge in [-0.2, -0.15) is 4.31 Å². The number of nitrogens with one attached hydrogen (secondary N) is 1. The number of sulfonamides is 1. The van der Waals surface area contributed by atoms with E-state index >= 15 is 0 Å². The van der Waals surface area contributed by atoms with Crippen LogP contribution in [0.25, 0.3) is 12.2 Å². The number of aryl methyl sites for hydroxylation is 1. The molecule has 1 N–H and O–H groups in total. The number of carbonyl (C=O) groups is 1. The van der Waals surface area contributed by atoms with E-state index < -0.39 is 15.8 Å². The predicted octanol–water partition coefficient (Wildman–Crippen LogP) is 3.03. The van der Waals surface area contributed by atoms with E-state index in [-0.39, 0.29) is 16.7 Å². The standard InChI is InChI=1S/C23H27N3O6S/c1-16-21(24-22(27)18-5-6-18)20(32-25-16)9-4-17-2-7-19(8-3-17)33(28,29)26-12-10-23(11-13-26)30-14-15-31-23/h2-4,7-9,18H,5-6,10-15H2,1H3,(H,24,27). The number of hydrogen-bond acceptors (Lipinski definition) is 7. The van der Waals surface area contributed by atoms with Gasteiger partial charge in [0.25, 0.3) is 0 Å². The molecule has 5 rings (SSSR count). The second-order valence-electron chi connectivity index (χ2n) is 8.68. The summed E-state index contributed by atoms with van der Waals surface area (Å²) in [5.41, 5.74) is 1.98. The minimum Gasteiger partial charge on any atom is -0.354 e. The van der Waals surface area contributed by atoms with E-state index in [9.17, 15) is 13.2 Å². The van der Waals surface area contributed by atoms with Crippen LogP contribution in [0.4, 0.5) is 5.69 Å². The predicted molar refractivity (Wildman–Crippen MR) is 121 cm³/mol. The average molecular weight is 474 g/mol. The van der Waals surface area contributed by atoms with Crippen molar-refractivity contribution in [2.75, 3.05) is 31.6 Å². The zero-order valence-electron chi connectivity index (χ0n) is 18.5. The topological polar surface area (TPSA) is 111 Å². The molecule has 2 aliphatic heterocycles. The molecule has 1 saturated carbocycles. The molecule has 176 valence electrons. The molecule has 3 fully saturated rings. The van der Waals surface area contributed by atoms with Gasteiger partial charge >= 0.3 is 0 Å². The van der Waals surface area contributed by atoms with Gasteiger partial charge in [0.05, 0.1) is 18.1 Å². The highest BCUT2D eigenvalue weighted by atomic mass is 32.2. The van der Waals surface area contributed by atoms with Crippen LogP contribution in [0.5, 0.6) is 0 Å². The molecule has 0 radical (unpaired) electrons. The maximum atomic E-state index is 13.1. The van der Waals surface area contributed by atoms with Gasteiger partial charge < -0.3 is 19.3 Å². The van der Waals surface area contributed by atoms with Crippen LogP contribution in [0.15, 0.2) is 33.7 Å². The van der Waals surface area contributed by atoms with E-state index in [1.54, 1.807) is 43.3 Å². The molecular formula is C23H27N3O6S. The molecule has 1 spiro atoms. The maximum absolute atomic E-state index is 13.1. The van der Waals surface area contributed by atoms with E-state index in [0.717, 1.165) is 18.4 Å². The summed E-state index contributed by atoms with van der Waals surface area (Å²) in [5.74, 6) is -0.0947. The van der Waals surface area contributed by atoms with E-state index in [2.05, 4.69) is 10.5 Å². The second kappa shape index (κ2) is 8.68. The van der Waals surface area contributed by atoms with E-state index in [4.69, 9.17) is 14.0 Å². The monoisotopic (exact) mass is 473 g/mol. The van der Waals surface area contributed by atoms with Gasteiger partial charge in [-0.25, -0.2) is 8.42 Å². The molecular weight excluding hydrogens is 446 g/mol. The van der Waals surface area contributed by atoms with Gasteiger partial charge in [-0.05, 0) is 43.5 Å². The van der Waals surface area contributed by atoms with Crippen molar-refractivity contribution in [2.24, 2.45) is 5.92 Å². The first-order chi connectivity index (χ1) is 15.9. The first-order valence-corrected chi connectivity index (χ1v) is 12.6. The summed E-state index contributed by atoms with van der Waals surface area (Å²) in [6, 6.07) is 6.68. The number of benzene rings is 1. The normalized spacial score (nSPS) is 21.1. The van der Waals surface area contributed by atoms with Crippen molar-refractivity contribution in [2.45, 2.75) is 43.3 Å². The van der Waals surface area contributed by atoms with Gasteiger partial charge in [-0.1, -0.05) is 23.4 Å². The summed E-state index contributed by atoms with van der Waals surface area (Å²) in [6.45, 7) is 3.62. The van der Waals surface area contributed by atoms with Gasteiger partial charge in [0.15, 0.2) is 11.5 Å². The van der Waals surface area contributed by atoms with Crippen molar-refractivity contribution >= 4 is 33.8 Å².